The second kappa shape index (κ2) is 4.85. The van der Waals surface area contributed by atoms with Gasteiger partial charge in [0.1, 0.15) is 0 Å². The van der Waals surface area contributed by atoms with Crippen LogP contribution in [0.3, 0.4) is 0 Å². The first kappa shape index (κ1) is 10.8. The molecule has 0 aromatic heterocycles. The monoisotopic (exact) mass is 218 g/mol. The van der Waals surface area contributed by atoms with Crippen molar-refractivity contribution in [3.63, 3.8) is 0 Å². The van der Waals surface area contributed by atoms with Crippen molar-refractivity contribution in [1.29, 1.82) is 0 Å². The fourth-order valence-electron chi connectivity index (χ4n) is 1.21. The van der Waals surface area contributed by atoms with Crippen LogP contribution < -0.4 is 0 Å². The number of hydrogen-bond donors (Lipinski definition) is 1. The van der Waals surface area contributed by atoms with E-state index >= 15 is 0 Å². The van der Waals surface area contributed by atoms with Crippen LogP contribution in [-0.2, 0) is 0 Å². The smallest absolute Gasteiger partial charge is 0.0791 e. The van der Waals surface area contributed by atoms with E-state index in [2.05, 4.69) is 0 Å². The van der Waals surface area contributed by atoms with Gasteiger partial charge in [-0.15, -0.1) is 0 Å². The van der Waals surface area contributed by atoms with Crippen LogP contribution in [0, 0.1) is 0 Å². The lowest BCUT2D eigenvalue weighted by molar-refractivity contribution is 0.166. The summed E-state index contributed by atoms with van der Waals surface area (Å²) in [6.07, 6.45) is 1.21. The third kappa shape index (κ3) is 3.18. The highest BCUT2D eigenvalue weighted by atomic mass is 35.5. The minimum Gasteiger partial charge on any atom is -0.388 e. The second-order valence-electron chi connectivity index (χ2n) is 3.01. The van der Waals surface area contributed by atoms with Gasteiger partial charge in [-0.3, -0.25) is 0 Å². The van der Waals surface area contributed by atoms with Crippen molar-refractivity contribution >= 4 is 23.2 Å². The SMILES string of the molecule is CCC[C@@H](O)c1cc(Cl)cc(Cl)c1. The van der Waals surface area contributed by atoms with Crippen LogP contribution in [0.2, 0.25) is 10.0 Å². The van der Waals surface area contributed by atoms with E-state index in [0.29, 0.717) is 10.0 Å². The van der Waals surface area contributed by atoms with Crippen molar-refractivity contribution < 1.29 is 5.11 Å². The van der Waals surface area contributed by atoms with Crippen LogP contribution in [0.1, 0.15) is 31.4 Å². The fourth-order valence-corrected chi connectivity index (χ4v) is 1.75. The van der Waals surface area contributed by atoms with Gasteiger partial charge in [-0.1, -0.05) is 36.5 Å². The van der Waals surface area contributed by atoms with Crippen molar-refractivity contribution in [2.45, 2.75) is 25.9 Å². The summed E-state index contributed by atoms with van der Waals surface area (Å²) >= 11 is 11.6. The summed E-state index contributed by atoms with van der Waals surface area (Å²) in [7, 11) is 0. The van der Waals surface area contributed by atoms with Crippen molar-refractivity contribution in [1.82, 2.24) is 0 Å². The molecule has 0 aliphatic heterocycles. The normalized spacial score (nSPS) is 12.9. The molecule has 3 heteroatoms. The van der Waals surface area contributed by atoms with Crippen LogP contribution in [-0.4, -0.2) is 5.11 Å². The van der Waals surface area contributed by atoms with E-state index in [1.807, 2.05) is 6.92 Å². The summed E-state index contributed by atoms with van der Waals surface area (Å²) in [5.74, 6) is 0. The average Bonchev–Trinajstić information content (AvgIpc) is 2.03. The predicted molar refractivity (Wildman–Crippen MR) is 56.3 cm³/mol. The van der Waals surface area contributed by atoms with E-state index in [4.69, 9.17) is 23.2 Å². The van der Waals surface area contributed by atoms with Gasteiger partial charge in [-0.05, 0) is 30.2 Å². The zero-order chi connectivity index (χ0) is 9.84. The first-order valence-electron chi connectivity index (χ1n) is 4.27. The van der Waals surface area contributed by atoms with Gasteiger partial charge in [0, 0.05) is 10.0 Å². The Morgan fingerprint density at radius 2 is 1.77 bits per heavy atom. The van der Waals surface area contributed by atoms with Crippen molar-refractivity contribution in [2.24, 2.45) is 0 Å². The Morgan fingerprint density at radius 1 is 1.23 bits per heavy atom. The zero-order valence-corrected chi connectivity index (χ0v) is 8.94. The summed E-state index contributed by atoms with van der Waals surface area (Å²) in [5.41, 5.74) is 0.791. The molecule has 0 unspecified atom stereocenters. The number of halogens is 2. The highest BCUT2D eigenvalue weighted by molar-refractivity contribution is 6.34. The molecule has 0 fully saturated rings. The van der Waals surface area contributed by atoms with Gasteiger partial charge in [0.25, 0.3) is 0 Å². The average molecular weight is 219 g/mol. The lowest BCUT2D eigenvalue weighted by Crippen LogP contribution is -1.96. The van der Waals surface area contributed by atoms with Crippen LogP contribution >= 0.6 is 23.2 Å². The number of rotatable bonds is 3. The topological polar surface area (TPSA) is 20.2 Å². The van der Waals surface area contributed by atoms with Crippen molar-refractivity contribution in [2.75, 3.05) is 0 Å². The summed E-state index contributed by atoms with van der Waals surface area (Å²) in [6, 6.07) is 5.15. The first-order valence-corrected chi connectivity index (χ1v) is 5.03. The molecule has 0 aliphatic carbocycles. The van der Waals surface area contributed by atoms with Gasteiger partial charge in [0.05, 0.1) is 6.10 Å². The molecule has 1 atom stereocenters. The molecule has 0 spiro atoms. The summed E-state index contributed by atoms with van der Waals surface area (Å²) < 4.78 is 0. The molecule has 72 valence electrons. The highest BCUT2D eigenvalue weighted by Crippen LogP contribution is 2.25. The predicted octanol–water partition coefficient (Wildman–Crippen LogP) is 3.83. The molecule has 1 nitrogen and oxygen atoms in total. The molecule has 0 saturated carbocycles. The van der Waals surface area contributed by atoms with Gasteiger partial charge in [-0.2, -0.15) is 0 Å². The van der Waals surface area contributed by atoms with Gasteiger partial charge >= 0.3 is 0 Å². The molecule has 0 saturated heterocycles. The van der Waals surface area contributed by atoms with Crippen molar-refractivity contribution in [3.05, 3.63) is 33.8 Å². The molecule has 0 amide bonds. The maximum atomic E-state index is 9.65. The van der Waals surface area contributed by atoms with Crippen molar-refractivity contribution in [3.8, 4) is 0 Å². The molecule has 1 N–H and O–H groups in total. The largest absolute Gasteiger partial charge is 0.388 e. The van der Waals surface area contributed by atoms with Crippen LogP contribution in [0.5, 0.6) is 0 Å². The minimum absolute atomic E-state index is 0.457. The summed E-state index contributed by atoms with van der Waals surface area (Å²) in [4.78, 5) is 0. The highest BCUT2D eigenvalue weighted by Gasteiger charge is 2.07. The van der Waals surface area contributed by atoms with Crippen LogP contribution in [0.15, 0.2) is 18.2 Å². The van der Waals surface area contributed by atoms with E-state index in [9.17, 15) is 5.11 Å². The number of aliphatic hydroxyl groups is 1. The summed E-state index contributed by atoms with van der Waals surface area (Å²) in [5, 5.41) is 10.8. The maximum absolute atomic E-state index is 9.65. The Kier molecular flexibility index (Phi) is 4.04. The minimum atomic E-state index is -0.457. The maximum Gasteiger partial charge on any atom is 0.0791 e. The van der Waals surface area contributed by atoms with E-state index in [1.54, 1.807) is 18.2 Å². The third-order valence-corrected chi connectivity index (χ3v) is 2.27. The molecule has 0 radical (unpaired) electrons. The molecule has 0 bridgehead atoms. The molecule has 0 aliphatic rings. The van der Waals surface area contributed by atoms with E-state index < -0.39 is 6.10 Å². The molecular formula is C10H12Cl2O. The van der Waals surface area contributed by atoms with E-state index in [1.165, 1.54) is 0 Å². The lowest BCUT2D eigenvalue weighted by atomic mass is 10.1. The number of aliphatic hydroxyl groups excluding tert-OH is 1. The number of benzene rings is 1. The first-order chi connectivity index (χ1) is 6.13. The molecule has 0 heterocycles. The molecule has 1 aromatic carbocycles. The Hall–Kier alpha value is -0.240. The Morgan fingerprint density at radius 3 is 2.23 bits per heavy atom. The lowest BCUT2D eigenvalue weighted by Gasteiger charge is -2.10. The molecule has 1 aromatic rings. The van der Waals surface area contributed by atoms with Crippen LogP contribution in [0.25, 0.3) is 0 Å². The summed E-state index contributed by atoms with van der Waals surface area (Å²) in [6.45, 7) is 2.02. The number of hydrogen-bond acceptors (Lipinski definition) is 1. The third-order valence-electron chi connectivity index (χ3n) is 1.83. The molecular weight excluding hydrogens is 207 g/mol. The Labute approximate surface area is 88.3 Å². The van der Waals surface area contributed by atoms with Gasteiger partial charge in [-0.25, -0.2) is 0 Å². The van der Waals surface area contributed by atoms with E-state index in [0.717, 1.165) is 18.4 Å². The standard InChI is InChI=1S/C10H12Cl2O/c1-2-3-10(13)7-4-8(11)6-9(12)5-7/h4-6,10,13H,2-3H2,1H3/t10-/m1/s1. The van der Waals surface area contributed by atoms with E-state index in [-0.39, 0.29) is 0 Å². The molecule has 13 heavy (non-hydrogen) atoms. The Balaban J connectivity index is 2.87. The van der Waals surface area contributed by atoms with Gasteiger partial charge in [0.2, 0.25) is 0 Å². The Bertz CT molecular complexity index is 266. The van der Waals surface area contributed by atoms with Gasteiger partial charge < -0.3 is 5.11 Å². The van der Waals surface area contributed by atoms with Crippen LogP contribution in [0.4, 0.5) is 0 Å². The fraction of sp³-hybridized carbons (Fsp3) is 0.400. The van der Waals surface area contributed by atoms with Gasteiger partial charge in [0.15, 0.2) is 0 Å². The molecule has 1 rings (SSSR count). The quantitative estimate of drug-likeness (QED) is 0.818. The zero-order valence-electron chi connectivity index (χ0n) is 7.43. The second-order valence-corrected chi connectivity index (χ2v) is 3.88.